The maximum atomic E-state index is 12.5. The molecule has 0 saturated heterocycles. The second-order valence-electron chi connectivity index (χ2n) is 5.55. The highest BCUT2D eigenvalue weighted by Gasteiger charge is 2.15. The van der Waals surface area contributed by atoms with Crippen molar-refractivity contribution in [3.05, 3.63) is 68.0 Å². The summed E-state index contributed by atoms with van der Waals surface area (Å²) in [5.41, 5.74) is 1.77. The number of H-pyrrole nitrogens is 1. The van der Waals surface area contributed by atoms with Gasteiger partial charge in [0.2, 0.25) is 0 Å². The zero-order valence-corrected chi connectivity index (χ0v) is 13.1. The van der Waals surface area contributed by atoms with Crippen LogP contribution in [0.1, 0.15) is 21.7 Å². The average Bonchev–Trinajstić information content (AvgIpc) is 2.88. The van der Waals surface area contributed by atoms with E-state index in [9.17, 15) is 19.7 Å². The summed E-state index contributed by atoms with van der Waals surface area (Å²) in [5, 5.41) is 11.0. The number of aromatic nitrogens is 3. The number of aromatic amines is 1. The topological polar surface area (TPSA) is 111 Å². The smallest absolute Gasteiger partial charge is 0.270 e. The number of carbonyl (C=O) groups is 1. The van der Waals surface area contributed by atoms with E-state index in [4.69, 9.17) is 0 Å². The first-order chi connectivity index (χ1) is 11.4. The molecule has 3 rings (SSSR count). The first kappa shape index (κ1) is 15.6. The van der Waals surface area contributed by atoms with Gasteiger partial charge in [-0.15, -0.1) is 0 Å². The number of carbonyl (C=O) groups excluding carboxylic acids is 1. The molecule has 0 unspecified atom stereocenters. The van der Waals surface area contributed by atoms with E-state index in [1.807, 2.05) is 6.92 Å². The molecule has 0 amide bonds. The van der Waals surface area contributed by atoms with E-state index in [-0.39, 0.29) is 23.4 Å². The number of ketones is 1. The van der Waals surface area contributed by atoms with Crippen molar-refractivity contribution in [3.63, 3.8) is 0 Å². The monoisotopic (exact) mass is 326 g/mol. The molecule has 0 radical (unpaired) electrons. The predicted molar refractivity (Wildman–Crippen MR) is 87.3 cm³/mol. The molecule has 0 aliphatic rings. The maximum Gasteiger partial charge on any atom is 0.270 e. The van der Waals surface area contributed by atoms with Crippen molar-refractivity contribution in [2.45, 2.75) is 20.4 Å². The Kier molecular flexibility index (Phi) is 3.72. The highest BCUT2D eigenvalue weighted by molar-refractivity contribution is 5.97. The quantitative estimate of drug-likeness (QED) is 0.448. The molecular formula is C16H14N4O4. The Morgan fingerprint density at radius 3 is 2.71 bits per heavy atom. The van der Waals surface area contributed by atoms with Crippen molar-refractivity contribution in [3.8, 4) is 0 Å². The second-order valence-corrected chi connectivity index (χ2v) is 5.55. The minimum Gasteiger partial charge on any atom is -0.362 e. The van der Waals surface area contributed by atoms with Gasteiger partial charge >= 0.3 is 0 Å². The van der Waals surface area contributed by atoms with E-state index < -0.39 is 10.5 Å². The highest BCUT2D eigenvalue weighted by Crippen LogP contribution is 2.16. The fourth-order valence-electron chi connectivity index (χ4n) is 2.63. The molecule has 1 aromatic carbocycles. The second kappa shape index (κ2) is 5.73. The lowest BCUT2D eigenvalue weighted by Crippen LogP contribution is -2.24. The van der Waals surface area contributed by atoms with Crippen molar-refractivity contribution in [1.82, 2.24) is 14.5 Å². The summed E-state index contributed by atoms with van der Waals surface area (Å²) in [6, 6.07) is 5.61. The number of nitrogens with zero attached hydrogens (tertiary/aromatic N) is 3. The molecule has 3 aromatic rings. The third kappa shape index (κ3) is 2.69. The zero-order valence-electron chi connectivity index (χ0n) is 13.1. The van der Waals surface area contributed by atoms with Gasteiger partial charge in [0, 0.05) is 29.1 Å². The Labute approximate surface area is 135 Å². The molecule has 2 aromatic heterocycles. The molecular weight excluding hydrogens is 312 g/mol. The lowest BCUT2D eigenvalue weighted by molar-refractivity contribution is -0.384. The molecule has 0 aliphatic heterocycles. The van der Waals surface area contributed by atoms with E-state index >= 15 is 0 Å². The van der Waals surface area contributed by atoms with Gasteiger partial charge in [0.05, 0.1) is 28.7 Å². The van der Waals surface area contributed by atoms with E-state index in [1.54, 1.807) is 13.0 Å². The van der Waals surface area contributed by atoms with Gasteiger partial charge in [0.25, 0.3) is 11.2 Å². The van der Waals surface area contributed by atoms with Crippen LogP contribution in [-0.4, -0.2) is 25.2 Å². The Balaban J connectivity index is 2.02. The molecule has 0 bridgehead atoms. The van der Waals surface area contributed by atoms with Gasteiger partial charge in [-0.3, -0.25) is 24.3 Å². The predicted octanol–water partition coefficient (Wildman–Crippen LogP) is 2.13. The Bertz CT molecular complexity index is 1030. The Morgan fingerprint density at radius 1 is 1.33 bits per heavy atom. The molecule has 8 nitrogen and oxygen atoms in total. The number of rotatable bonds is 4. The van der Waals surface area contributed by atoms with E-state index in [2.05, 4.69) is 9.97 Å². The number of Topliss-reactive ketones (excluding diaryl/α,β-unsaturated/α-hetero) is 1. The van der Waals surface area contributed by atoms with Crippen molar-refractivity contribution < 1.29 is 9.72 Å². The van der Waals surface area contributed by atoms with E-state index in [0.29, 0.717) is 11.1 Å². The summed E-state index contributed by atoms with van der Waals surface area (Å²) in [6.07, 6.45) is 1.28. The van der Waals surface area contributed by atoms with E-state index in [1.165, 1.54) is 24.5 Å². The standard InChI is InChI=1S/C16H14N4O4/c1-9-5-12(10(2)18-9)15(21)7-19-8-17-14-4-3-11(20(23)24)6-13(14)16(19)22/h3-6,8,18H,7H2,1-2H3. The summed E-state index contributed by atoms with van der Waals surface area (Å²) >= 11 is 0. The van der Waals surface area contributed by atoms with E-state index in [0.717, 1.165) is 16.0 Å². The normalized spacial score (nSPS) is 10.9. The summed E-state index contributed by atoms with van der Waals surface area (Å²) in [6.45, 7) is 3.44. The van der Waals surface area contributed by atoms with Crippen molar-refractivity contribution in [2.24, 2.45) is 0 Å². The lowest BCUT2D eigenvalue weighted by Gasteiger charge is -2.06. The number of nitrogens with one attached hydrogen (secondary N) is 1. The average molecular weight is 326 g/mol. The fraction of sp³-hybridized carbons (Fsp3) is 0.188. The Hall–Kier alpha value is -3.29. The fourth-order valence-corrected chi connectivity index (χ4v) is 2.63. The highest BCUT2D eigenvalue weighted by atomic mass is 16.6. The van der Waals surface area contributed by atoms with Crippen LogP contribution in [0.25, 0.3) is 10.9 Å². The molecule has 0 fully saturated rings. The first-order valence-corrected chi connectivity index (χ1v) is 7.20. The van der Waals surface area contributed by atoms with Crippen molar-refractivity contribution in [2.75, 3.05) is 0 Å². The molecule has 0 atom stereocenters. The van der Waals surface area contributed by atoms with Crippen LogP contribution in [0.3, 0.4) is 0 Å². The van der Waals surface area contributed by atoms with Crippen molar-refractivity contribution in [1.29, 1.82) is 0 Å². The molecule has 24 heavy (non-hydrogen) atoms. The number of fused-ring (bicyclic) bond motifs is 1. The molecule has 0 saturated carbocycles. The summed E-state index contributed by atoms with van der Waals surface area (Å²) in [4.78, 5) is 42.3. The summed E-state index contributed by atoms with van der Waals surface area (Å²) < 4.78 is 1.16. The van der Waals surface area contributed by atoms with Gasteiger partial charge < -0.3 is 4.98 Å². The van der Waals surface area contributed by atoms with Crippen LogP contribution in [0, 0.1) is 24.0 Å². The number of non-ortho nitro benzene ring substituents is 1. The molecule has 0 spiro atoms. The van der Waals surface area contributed by atoms with Crippen LogP contribution in [0.5, 0.6) is 0 Å². The van der Waals surface area contributed by atoms with Crippen LogP contribution in [0.2, 0.25) is 0 Å². The number of nitro groups is 1. The van der Waals surface area contributed by atoms with Gasteiger partial charge in [0.15, 0.2) is 5.78 Å². The van der Waals surface area contributed by atoms with Gasteiger partial charge in [-0.1, -0.05) is 0 Å². The van der Waals surface area contributed by atoms with Gasteiger partial charge in [-0.25, -0.2) is 4.98 Å². The number of benzene rings is 1. The minimum atomic E-state index is -0.576. The van der Waals surface area contributed by atoms with Crippen LogP contribution in [-0.2, 0) is 6.54 Å². The molecule has 8 heteroatoms. The van der Waals surface area contributed by atoms with Crippen LogP contribution < -0.4 is 5.56 Å². The van der Waals surface area contributed by atoms with Crippen molar-refractivity contribution >= 4 is 22.4 Å². The first-order valence-electron chi connectivity index (χ1n) is 7.20. The zero-order chi connectivity index (χ0) is 17.4. The van der Waals surface area contributed by atoms with Gasteiger partial charge in [-0.05, 0) is 26.0 Å². The van der Waals surface area contributed by atoms with Gasteiger partial charge in [0.1, 0.15) is 0 Å². The van der Waals surface area contributed by atoms with Crippen LogP contribution in [0.4, 0.5) is 5.69 Å². The van der Waals surface area contributed by atoms with Gasteiger partial charge in [-0.2, -0.15) is 0 Å². The largest absolute Gasteiger partial charge is 0.362 e. The Morgan fingerprint density at radius 2 is 2.08 bits per heavy atom. The number of hydrogen-bond acceptors (Lipinski definition) is 5. The molecule has 122 valence electrons. The third-order valence-corrected chi connectivity index (χ3v) is 3.78. The number of aryl methyl sites for hydroxylation is 2. The lowest BCUT2D eigenvalue weighted by atomic mass is 10.1. The third-order valence-electron chi connectivity index (χ3n) is 3.78. The molecule has 2 heterocycles. The van der Waals surface area contributed by atoms with Crippen LogP contribution >= 0.6 is 0 Å². The summed E-state index contributed by atoms with van der Waals surface area (Å²) in [5.74, 6) is -0.231. The molecule has 1 N–H and O–H groups in total. The minimum absolute atomic E-state index is 0.112. The number of nitro benzene ring substituents is 1. The maximum absolute atomic E-state index is 12.5. The summed E-state index contributed by atoms with van der Waals surface area (Å²) in [7, 11) is 0. The van der Waals surface area contributed by atoms with Crippen LogP contribution in [0.15, 0.2) is 35.4 Å². The molecule has 0 aliphatic carbocycles. The number of hydrogen-bond donors (Lipinski definition) is 1. The SMILES string of the molecule is Cc1cc(C(=O)Cn2cnc3ccc([N+](=O)[O-])cc3c2=O)c(C)[nH]1.